The third-order valence-corrected chi connectivity index (χ3v) is 9.42. The van der Waals surface area contributed by atoms with Crippen LogP contribution >= 0.6 is 0 Å². The Morgan fingerprint density at radius 1 is 0.217 bits per heavy atom. The van der Waals surface area contributed by atoms with E-state index < -0.39 is 0 Å². The van der Waals surface area contributed by atoms with Crippen molar-refractivity contribution in [3.63, 3.8) is 0 Å². The lowest BCUT2D eigenvalue weighted by molar-refractivity contribution is 1.62. The monoisotopic (exact) mass is 582 g/mol. The molecule has 0 aromatic heterocycles. The molecule has 9 aromatic rings. The van der Waals surface area contributed by atoms with Crippen LogP contribution < -0.4 is 0 Å². The highest BCUT2D eigenvalue weighted by Crippen LogP contribution is 2.45. The van der Waals surface area contributed by atoms with Crippen molar-refractivity contribution in [1.29, 1.82) is 0 Å². The van der Waals surface area contributed by atoms with Crippen molar-refractivity contribution in [2.45, 2.75) is 0 Å². The minimum atomic E-state index is 1.23. The SMILES string of the molecule is c1cc(-c2ccc3ccccc3c2)cc(-c2c3ccccc3c(-c3cccc(-c4cccc5ccccc45)c3)c3ccccc23)c1. The zero-order chi connectivity index (χ0) is 30.5. The molecule has 46 heavy (non-hydrogen) atoms. The average molecular weight is 583 g/mol. The zero-order valence-electron chi connectivity index (χ0n) is 25.3. The molecule has 0 atom stereocenters. The molecule has 0 heteroatoms. The summed E-state index contributed by atoms with van der Waals surface area (Å²) < 4.78 is 0. The first-order chi connectivity index (χ1) is 22.8. The van der Waals surface area contributed by atoms with Crippen LogP contribution in [0.3, 0.4) is 0 Å². The van der Waals surface area contributed by atoms with Crippen molar-refractivity contribution in [1.82, 2.24) is 0 Å². The molecule has 9 rings (SSSR count). The molecular formula is C46H30. The van der Waals surface area contributed by atoms with Gasteiger partial charge >= 0.3 is 0 Å². The highest BCUT2D eigenvalue weighted by atomic mass is 14.2. The lowest BCUT2D eigenvalue weighted by atomic mass is 9.84. The number of benzene rings is 9. The molecule has 0 amide bonds. The average Bonchev–Trinajstić information content (AvgIpc) is 3.13. The van der Waals surface area contributed by atoms with E-state index in [0.717, 1.165) is 0 Å². The molecule has 0 aliphatic heterocycles. The Morgan fingerprint density at radius 2 is 0.652 bits per heavy atom. The zero-order valence-corrected chi connectivity index (χ0v) is 25.3. The van der Waals surface area contributed by atoms with Gasteiger partial charge in [0.15, 0.2) is 0 Å². The maximum absolute atomic E-state index is 2.37. The molecule has 0 nitrogen and oxygen atoms in total. The van der Waals surface area contributed by atoms with Gasteiger partial charge < -0.3 is 0 Å². The normalized spacial score (nSPS) is 11.5. The lowest BCUT2D eigenvalue weighted by Crippen LogP contribution is -1.91. The summed E-state index contributed by atoms with van der Waals surface area (Å²) >= 11 is 0. The summed E-state index contributed by atoms with van der Waals surface area (Å²) in [5, 5.41) is 10.1. The van der Waals surface area contributed by atoms with Crippen molar-refractivity contribution in [3.05, 3.63) is 182 Å². The van der Waals surface area contributed by atoms with Gasteiger partial charge in [-0.3, -0.25) is 0 Å². The highest BCUT2D eigenvalue weighted by Gasteiger charge is 2.17. The Hall–Kier alpha value is -5.98. The topological polar surface area (TPSA) is 0 Å². The minimum Gasteiger partial charge on any atom is -0.0616 e. The molecule has 0 spiro atoms. The maximum atomic E-state index is 2.37. The minimum absolute atomic E-state index is 1.23. The number of rotatable bonds is 4. The van der Waals surface area contributed by atoms with Crippen LogP contribution in [0, 0.1) is 0 Å². The lowest BCUT2D eigenvalue weighted by Gasteiger charge is -2.19. The maximum Gasteiger partial charge on any atom is -0.00262 e. The molecule has 0 bridgehead atoms. The van der Waals surface area contributed by atoms with Crippen molar-refractivity contribution in [2.75, 3.05) is 0 Å². The van der Waals surface area contributed by atoms with Gasteiger partial charge in [0.05, 0.1) is 0 Å². The van der Waals surface area contributed by atoms with Gasteiger partial charge in [-0.05, 0) is 106 Å². The molecule has 0 saturated heterocycles. The molecule has 0 N–H and O–H groups in total. The Labute approximate surface area is 268 Å². The molecule has 0 aliphatic rings. The van der Waals surface area contributed by atoms with Gasteiger partial charge in [-0.2, -0.15) is 0 Å². The molecule has 0 heterocycles. The number of hydrogen-bond donors (Lipinski definition) is 0. The molecule has 0 aliphatic carbocycles. The third-order valence-electron chi connectivity index (χ3n) is 9.42. The van der Waals surface area contributed by atoms with Gasteiger partial charge in [0.2, 0.25) is 0 Å². The van der Waals surface area contributed by atoms with E-state index in [2.05, 4.69) is 182 Å². The van der Waals surface area contributed by atoms with Crippen molar-refractivity contribution in [3.8, 4) is 44.5 Å². The van der Waals surface area contributed by atoms with E-state index in [0.29, 0.717) is 0 Å². The van der Waals surface area contributed by atoms with Gasteiger partial charge in [0.1, 0.15) is 0 Å². The van der Waals surface area contributed by atoms with Gasteiger partial charge in [-0.1, -0.05) is 164 Å². The third kappa shape index (κ3) is 4.38. The number of fused-ring (bicyclic) bond motifs is 4. The molecule has 0 saturated carbocycles. The quantitative estimate of drug-likeness (QED) is 0.181. The fourth-order valence-electron chi connectivity index (χ4n) is 7.29. The van der Waals surface area contributed by atoms with Crippen LogP contribution in [-0.4, -0.2) is 0 Å². The Morgan fingerprint density at radius 3 is 1.30 bits per heavy atom. The summed E-state index contributed by atoms with van der Waals surface area (Å²) in [6, 6.07) is 66.6. The van der Waals surface area contributed by atoms with Crippen LogP contribution in [0.4, 0.5) is 0 Å². The molecular weight excluding hydrogens is 553 g/mol. The highest BCUT2D eigenvalue weighted by molar-refractivity contribution is 6.21. The van der Waals surface area contributed by atoms with Crippen molar-refractivity contribution >= 4 is 43.1 Å². The summed E-state index contributed by atoms with van der Waals surface area (Å²) in [4.78, 5) is 0. The summed E-state index contributed by atoms with van der Waals surface area (Å²) in [7, 11) is 0. The first-order valence-electron chi connectivity index (χ1n) is 15.9. The van der Waals surface area contributed by atoms with Crippen molar-refractivity contribution < 1.29 is 0 Å². The van der Waals surface area contributed by atoms with E-state index in [9.17, 15) is 0 Å². The van der Waals surface area contributed by atoms with Crippen LogP contribution in [0.25, 0.3) is 87.6 Å². The molecule has 9 aromatic carbocycles. The Bertz CT molecular complexity index is 2520. The molecule has 0 fully saturated rings. The van der Waals surface area contributed by atoms with Crippen LogP contribution in [0.15, 0.2) is 182 Å². The second kappa shape index (κ2) is 10.9. The van der Waals surface area contributed by atoms with Crippen LogP contribution in [0.2, 0.25) is 0 Å². The van der Waals surface area contributed by atoms with Crippen LogP contribution in [0.5, 0.6) is 0 Å². The molecule has 0 radical (unpaired) electrons. The first kappa shape index (κ1) is 26.4. The first-order valence-corrected chi connectivity index (χ1v) is 15.9. The van der Waals surface area contributed by atoms with E-state index in [1.807, 2.05) is 0 Å². The molecule has 214 valence electrons. The van der Waals surface area contributed by atoms with E-state index in [-0.39, 0.29) is 0 Å². The second-order valence-electron chi connectivity index (χ2n) is 12.1. The van der Waals surface area contributed by atoms with E-state index in [1.165, 1.54) is 87.6 Å². The molecule has 0 unspecified atom stereocenters. The standard InChI is InChI=1S/C46H30/c1-2-14-33-28-35(27-26-31(33)12-1)34-16-9-18-37(29-34)45-41-21-5-7-23-43(41)46(44-24-8-6-22-42(44)45)38-19-10-17-36(30-38)40-25-11-15-32-13-3-4-20-39(32)40/h1-30H. The smallest absolute Gasteiger partial charge is 0.00262 e. The predicted octanol–water partition coefficient (Wildman–Crippen LogP) is 13.0. The van der Waals surface area contributed by atoms with Gasteiger partial charge in [-0.25, -0.2) is 0 Å². The van der Waals surface area contributed by atoms with Crippen LogP contribution in [0.1, 0.15) is 0 Å². The van der Waals surface area contributed by atoms with Gasteiger partial charge in [0.25, 0.3) is 0 Å². The largest absolute Gasteiger partial charge is 0.0616 e. The fraction of sp³-hybridized carbons (Fsp3) is 0. The summed E-state index contributed by atoms with van der Waals surface area (Å²) in [6.45, 7) is 0. The summed E-state index contributed by atoms with van der Waals surface area (Å²) in [5.74, 6) is 0. The summed E-state index contributed by atoms with van der Waals surface area (Å²) in [5.41, 5.74) is 9.97. The predicted molar refractivity (Wildman–Crippen MR) is 198 cm³/mol. The Balaban J connectivity index is 1.26. The van der Waals surface area contributed by atoms with E-state index >= 15 is 0 Å². The van der Waals surface area contributed by atoms with E-state index in [1.54, 1.807) is 0 Å². The van der Waals surface area contributed by atoms with Crippen LogP contribution in [-0.2, 0) is 0 Å². The fourth-order valence-corrected chi connectivity index (χ4v) is 7.29. The van der Waals surface area contributed by atoms with Gasteiger partial charge in [-0.15, -0.1) is 0 Å². The van der Waals surface area contributed by atoms with Gasteiger partial charge in [0, 0.05) is 0 Å². The Kier molecular flexibility index (Phi) is 6.25. The number of hydrogen-bond acceptors (Lipinski definition) is 0. The van der Waals surface area contributed by atoms with Crippen molar-refractivity contribution in [2.24, 2.45) is 0 Å². The van der Waals surface area contributed by atoms with E-state index in [4.69, 9.17) is 0 Å². The second-order valence-corrected chi connectivity index (χ2v) is 12.1. The summed E-state index contributed by atoms with van der Waals surface area (Å²) in [6.07, 6.45) is 0.